The molecule has 2 saturated carbocycles. The zero-order chi connectivity index (χ0) is 9.65. The lowest BCUT2D eigenvalue weighted by molar-refractivity contribution is 0.0844. The summed E-state index contributed by atoms with van der Waals surface area (Å²) in [5.41, 5.74) is 7.22. The highest BCUT2D eigenvalue weighted by atomic mass is 15.2. The maximum atomic E-state index is 5.90. The molecule has 2 N–H and O–H groups in total. The summed E-state index contributed by atoms with van der Waals surface area (Å²) in [6.45, 7) is 4.94. The van der Waals surface area contributed by atoms with Crippen LogP contribution >= 0.6 is 0 Å². The van der Waals surface area contributed by atoms with Gasteiger partial charge in [0.1, 0.15) is 0 Å². The Kier molecular flexibility index (Phi) is 1.94. The van der Waals surface area contributed by atoms with Gasteiger partial charge in [0.2, 0.25) is 0 Å². The summed E-state index contributed by atoms with van der Waals surface area (Å²) in [7, 11) is 0. The molecule has 3 aliphatic rings. The Bertz CT molecular complexity index is 223. The maximum Gasteiger partial charge on any atom is 0.00503 e. The standard InChI is InChI=1S/C12H22N2/c13-8-12(2-1-3-12)10-14-7-6-11(9-14)4-5-11/h1-10,13H2. The fourth-order valence-electron chi connectivity index (χ4n) is 3.33. The lowest BCUT2D eigenvalue weighted by atomic mass is 9.68. The number of nitrogens with zero attached hydrogens (tertiary/aromatic N) is 1. The van der Waals surface area contributed by atoms with Crippen molar-refractivity contribution in [2.45, 2.75) is 38.5 Å². The number of hydrogen-bond acceptors (Lipinski definition) is 2. The fraction of sp³-hybridized carbons (Fsp3) is 1.00. The molecular weight excluding hydrogens is 172 g/mol. The summed E-state index contributed by atoms with van der Waals surface area (Å²) in [4.78, 5) is 2.69. The summed E-state index contributed by atoms with van der Waals surface area (Å²) in [6, 6.07) is 0. The van der Waals surface area contributed by atoms with Gasteiger partial charge in [-0.05, 0) is 56.0 Å². The molecule has 1 heterocycles. The average molecular weight is 194 g/mol. The van der Waals surface area contributed by atoms with Crippen LogP contribution in [-0.2, 0) is 0 Å². The monoisotopic (exact) mass is 194 g/mol. The van der Waals surface area contributed by atoms with Crippen LogP contribution in [0.3, 0.4) is 0 Å². The molecule has 1 saturated heterocycles. The van der Waals surface area contributed by atoms with E-state index in [2.05, 4.69) is 4.90 Å². The van der Waals surface area contributed by atoms with E-state index in [4.69, 9.17) is 5.73 Å². The Balaban J connectivity index is 1.57. The minimum absolute atomic E-state index is 0.528. The Morgan fingerprint density at radius 3 is 2.29 bits per heavy atom. The van der Waals surface area contributed by atoms with E-state index in [1.807, 2.05) is 0 Å². The first-order valence-electron chi connectivity index (χ1n) is 6.19. The highest BCUT2D eigenvalue weighted by Gasteiger charge is 2.49. The van der Waals surface area contributed by atoms with E-state index in [0.29, 0.717) is 5.41 Å². The quantitative estimate of drug-likeness (QED) is 0.739. The van der Waals surface area contributed by atoms with Gasteiger partial charge in [0, 0.05) is 13.1 Å². The van der Waals surface area contributed by atoms with Crippen LogP contribution in [0.5, 0.6) is 0 Å². The largest absolute Gasteiger partial charge is 0.330 e. The molecule has 3 rings (SSSR count). The van der Waals surface area contributed by atoms with Crippen LogP contribution in [0.1, 0.15) is 38.5 Å². The minimum Gasteiger partial charge on any atom is -0.330 e. The summed E-state index contributed by atoms with van der Waals surface area (Å²) < 4.78 is 0. The van der Waals surface area contributed by atoms with Gasteiger partial charge in [-0.25, -0.2) is 0 Å². The van der Waals surface area contributed by atoms with E-state index in [0.717, 1.165) is 12.0 Å². The molecule has 0 bridgehead atoms. The van der Waals surface area contributed by atoms with Crippen LogP contribution in [-0.4, -0.2) is 31.1 Å². The number of hydrogen-bond donors (Lipinski definition) is 1. The number of nitrogens with two attached hydrogens (primary N) is 1. The van der Waals surface area contributed by atoms with Crippen LogP contribution in [0.2, 0.25) is 0 Å². The Hall–Kier alpha value is -0.0800. The summed E-state index contributed by atoms with van der Waals surface area (Å²) in [5, 5.41) is 0. The van der Waals surface area contributed by atoms with E-state index in [-0.39, 0.29) is 0 Å². The van der Waals surface area contributed by atoms with E-state index in [1.165, 1.54) is 58.2 Å². The van der Waals surface area contributed by atoms with Crippen LogP contribution < -0.4 is 5.73 Å². The van der Waals surface area contributed by atoms with Crippen molar-refractivity contribution >= 4 is 0 Å². The molecule has 0 aromatic rings. The van der Waals surface area contributed by atoms with Crippen LogP contribution in [0.15, 0.2) is 0 Å². The van der Waals surface area contributed by atoms with Crippen molar-refractivity contribution in [1.82, 2.24) is 4.90 Å². The van der Waals surface area contributed by atoms with E-state index >= 15 is 0 Å². The van der Waals surface area contributed by atoms with Crippen molar-refractivity contribution in [2.75, 3.05) is 26.2 Å². The maximum absolute atomic E-state index is 5.90. The van der Waals surface area contributed by atoms with E-state index in [1.54, 1.807) is 0 Å². The highest BCUT2D eigenvalue weighted by molar-refractivity contribution is 5.02. The second-order valence-electron chi connectivity index (χ2n) is 6.02. The topological polar surface area (TPSA) is 29.3 Å². The molecule has 2 nitrogen and oxygen atoms in total. The van der Waals surface area contributed by atoms with Crippen molar-refractivity contribution in [2.24, 2.45) is 16.6 Å². The molecule has 2 heteroatoms. The normalized spacial score (nSPS) is 33.2. The second-order valence-corrected chi connectivity index (χ2v) is 6.02. The molecule has 3 fully saturated rings. The Morgan fingerprint density at radius 1 is 1.07 bits per heavy atom. The van der Waals surface area contributed by atoms with Crippen LogP contribution in [0.4, 0.5) is 0 Å². The molecule has 0 aromatic heterocycles. The summed E-state index contributed by atoms with van der Waals surface area (Å²) in [5.74, 6) is 0. The van der Waals surface area contributed by atoms with Crippen molar-refractivity contribution in [3.63, 3.8) is 0 Å². The molecule has 1 aliphatic heterocycles. The molecule has 1 spiro atoms. The van der Waals surface area contributed by atoms with Crippen LogP contribution in [0, 0.1) is 10.8 Å². The van der Waals surface area contributed by atoms with Gasteiger partial charge in [0.05, 0.1) is 0 Å². The minimum atomic E-state index is 0.528. The predicted molar refractivity (Wildman–Crippen MR) is 58.1 cm³/mol. The molecular formula is C12H22N2. The van der Waals surface area contributed by atoms with Gasteiger partial charge in [-0.3, -0.25) is 0 Å². The van der Waals surface area contributed by atoms with Crippen molar-refractivity contribution in [1.29, 1.82) is 0 Å². The molecule has 2 aliphatic carbocycles. The first-order valence-corrected chi connectivity index (χ1v) is 6.19. The third-order valence-corrected chi connectivity index (χ3v) is 4.88. The third-order valence-electron chi connectivity index (χ3n) is 4.88. The lowest BCUT2D eigenvalue weighted by Gasteiger charge is -2.43. The molecule has 0 amide bonds. The smallest absolute Gasteiger partial charge is 0.00503 e. The van der Waals surface area contributed by atoms with E-state index < -0.39 is 0 Å². The Morgan fingerprint density at radius 2 is 1.86 bits per heavy atom. The molecule has 80 valence electrons. The lowest BCUT2D eigenvalue weighted by Crippen LogP contribution is -2.46. The molecule has 14 heavy (non-hydrogen) atoms. The number of likely N-dealkylation sites (tertiary alicyclic amines) is 1. The fourth-order valence-corrected chi connectivity index (χ4v) is 3.33. The van der Waals surface area contributed by atoms with Crippen molar-refractivity contribution in [3.8, 4) is 0 Å². The van der Waals surface area contributed by atoms with Crippen molar-refractivity contribution < 1.29 is 0 Å². The number of rotatable bonds is 3. The highest BCUT2D eigenvalue weighted by Crippen LogP contribution is 2.53. The van der Waals surface area contributed by atoms with Gasteiger partial charge in [-0.15, -0.1) is 0 Å². The van der Waals surface area contributed by atoms with Gasteiger partial charge in [-0.1, -0.05) is 6.42 Å². The Labute approximate surface area is 86.8 Å². The zero-order valence-electron chi connectivity index (χ0n) is 9.10. The predicted octanol–water partition coefficient (Wildman–Crippen LogP) is 1.60. The van der Waals surface area contributed by atoms with Gasteiger partial charge in [-0.2, -0.15) is 0 Å². The van der Waals surface area contributed by atoms with Crippen molar-refractivity contribution in [3.05, 3.63) is 0 Å². The first-order chi connectivity index (χ1) is 6.76. The van der Waals surface area contributed by atoms with Crippen LogP contribution in [0.25, 0.3) is 0 Å². The van der Waals surface area contributed by atoms with Gasteiger partial charge < -0.3 is 10.6 Å². The average Bonchev–Trinajstić information content (AvgIpc) is 2.74. The SMILES string of the molecule is NCC1(CN2CCC3(CC3)C2)CCC1. The summed E-state index contributed by atoms with van der Waals surface area (Å²) >= 11 is 0. The van der Waals surface area contributed by atoms with Gasteiger partial charge in [0.15, 0.2) is 0 Å². The molecule has 0 unspecified atom stereocenters. The molecule has 0 radical (unpaired) electrons. The van der Waals surface area contributed by atoms with Gasteiger partial charge >= 0.3 is 0 Å². The van der Waals surface area contributed by atoms with Gasteiger partial charge in [0.25, 0.3) is 0 Å². The molecule has 0 atom stereocenters. The summed E-state index contributed by atoms with van der Waals surface area (Å²) in [6.07, 6.45) is 8.64. The second kappa shape index (κ2) is 2.96. The third kappa shape index (κ3) is 1.40. The first kappa shape index (κ1) is 9.17. The zero-order valence-corrected chi connectivity index (χ0v) is 9.10. The van der Waals surface area contributed by atoms with E-state index in [9.17, 15) is 0 Å². The molecule has 0 aromatic carbocycles.